The van der Waals surface area contributed by atoms with Crippen molar-refractivity contribution >= 4 is 46.8 Å². The first-order chi connectivity index (χ1) is 18.4. The van der Waals surface area contributed by atoms with E-state index in [0.717, 1.165) is 60.4 Å². The van der Waals surface area contributed by atoms with Crippen molar-refractivity contribution in [2.75, 3.05) is 31.9 Å². The van der Waals surface area contributed by atoms with Crippen LogP contribution in [0.15, 0.2) is 40.9 Å². The van der Waals surface area contributed by atoms with E-state index in [9.17, 15) is 19.2 Å². The van der Waals surface area contributed by atoms with E-state index in [0.29, 0.717) is 5.75 Å². The van der Waals surface area contributed by atoms with Crippen LogP contribution >= 0.6 is 23.1 Å². The maximum Gasteiger partial charge on any atom is 0.355 e. The van der Waals surface area contributed by atoms with Gasteiger partial charge in [-0.1, -0.05) is 12.1 Å². The molecule has 1 aromatic heterocycles. The molecule has 0 aromatic carbocycles. The summed E-state index contributed by atoms with van der Waals surface area (Å²) in [6.45, 7) is 8.95. The minimum absolute atomic E-state index is 0.170. The Balaban J connectivity index is 1.31. The summed E-state index contributed by atoms with van der Waals surface area (Å²) in [7, 11) is 0. The molecule has 3 N–H and O–H groups in total. The summed E-state index contributed by atoms with van der Waals surface area (Å²) >= 11 is 3.04. The Morgan fingerprint density at radius 2 is 1.92 bits per heavy atom. The molecular formula is C28H37N4O5S2+. The highest BCUT2D eigenvalue weighted by molar-refractivity contribution is 8.00. The van der Waals surface area contributed by atoms with E-state index < -0.39 is 17.6 Å². The second-order valence-corrected chi connectivity index (χ2v) is 14.2. The van der Waals surface area contributed by atoms with Crippen molar-refractivity contribution in [1.82, 2.24) is 10.2 Å². The number of thioether (sulfide) groups is 1. The van der Waals surface area contributed by atoms with Crippen LogP contribution < -0.4 is 11.1 Å². The molecule has 4 saturated heterocycles. The molecule has 11 heteroatoms. The Bertz CT molecular complexity index is 1210. The Morgan fingerprint density at radius 3 is 2.51 bits per heavy atom. The zero-order valence-corrected chi connectivity index (χ0v) is 24.4. The molecule has 0 spiro atoms. The minimum atomic E-state index is -0.714. The highest BCUT2D eigenvalue weighted by atomic mass is 32.2. The first kappa shape index (κ1) is 27.9. The van der Waals surface area contributed by atoms with E-state index in [2.05, 4.69) is 11.4 Å². The number of hydrogen-bond donors (Lipinski definition) is 2. The lowest BCUT2D eigenvalue weighted by Gasteiger charge is -2.53. The molecule has 5 aliphatic rings. The SMILES string of the molecule is CC(C)(C)OC(=O)C1=C(C=CC[N+]23CCC(C(N)=O)(CC2)CC3)CS[C@H]2[C@H](NC(=O)Cc3cccs3)C(=O)N12. The molecule has 0 saturated carbocycles. The van der Waals surface area contributed by atoms with Gasteiger partial charge in [0.15, 0.2) is 0 Å². The number of piperidine rings is 3. The van der Waals surface area contributed by atoms with Gasteiger partial charge in [0.1, 0.15) is 22.7 Å². The van der Waals surface area contributed by atoms with Crippen LogP contribution in [0.1, 0.15) is 44.9 Å². The van der Waals surface area contributed by atoms with Crippen LogP contribution in [0.5, 0.6) is 0 Å². The lowest BCUT2D eigenvalue weighted by molar-refractivity contribution is -0.939. The van der Waals surface area contributed by atoms with Crippen LogP contribution in [0.4, 0.5) is 0 Å². The van der Waals surface area contributed by atoms with Crippen molar-refractivity contribution < 1.29 is 28.4 Å². The molecule has 0 unspecified atom stereocenters. The van der Waals surface area contributed by atoms with E-state index in [1.807, 2.05) is 23.6 Å². The predicted octanol–water partition coefficient (Wildman–Crippen LogP) is 2.33. The number of nitrogens with zero attached hydrogens (tertiary/aromatic N) is 2. The molecule has 5 aliphatic heterocycles. The van der Waals surface area contributed by atoms with Crippen LogP contribution in [0.2, 0.25) is 0 Å². The molecule has 39 heavy (non-hydrogen) atoms. The molecule has 2 atom stereocenters. The fourth-order valence-electron chi connectivity index (χ4n) is 6.01. The van der Waals surface area contributed by atoms with E-state index >= 15 is 0 Å². The van der Waals surface area contributed by atoms with Gasteiger partial charge in [-0.05, 0) is 43.9 Å². The van der Waals surface area contributed by atoms with Gasteiger partial charge in [-0.2, -0.15) is 0 Å². The predicted molar refractivity (Wildman–Crippen MR) is 150 cm³/mol. The first-order valence-corrected chi connectivity index (χ1v) is 15.4. The maximum absolute atomic E-state index is 13.3. The zero-order chi connectivity index (χ0) is 28.0. The molecule has 0 aliphatic carbocycles. The summed E-state index contributed by atoms with van der Waals surface area (Å²) in [5.41, 5.74) is 5.68. The number of hydrogen-bond acceptors (Lipinski definition) is 7. The van der Waals surface area contributed by atoms with E-state index in [-0.39, 0.29) is 40.6 Å². The van der Waals surface area contributed by atoms with E-state index in [1.165, 1.54) is 16.2 Å². The zero-order valence-electron chi connectivity index (χ0n) is 22.7. The minimum Gasteiger partial charge on any atom is -0.455 e. The normalized spacial score (nSPS) is 30.2. The topological polar surface area (TPSA) is 119 Å². The number of thiophene rings is 1. The number of nitrogens with two attached hydrogens (primary N) is 1. The molecule has 1 aromatic rings. The molecule has 3 amide bonds. The third kappa shape index (κ3) is 5.53. The average Bonchev–Trinajstić information content (AvgIpc) is 3.39. The van der Waals surface area contributed by atoms with Crippen LogP contribution in [0, 0.1) is 5.41 Å². The maximum atomic E-state index is 13.3. The van der Waals surface area contributed by atoms with Gasteiger partial charge in [0, 0.05) is 29.9 Å². The van der Waals surface area contributed by atoms with E-state index in [4.69, 9.17) is 10.5 Å². The van der Waals surface area contributed by atoms with Gasteiger partial charge in [-0.3, -0.25) is 19.3 Å². The summed E-state index contributed by atoms with van der Waals surface area (Å²) in [6, 6.07) is 3.11. The quantitative estimate of drug-likeness (QED) is 0.280. The molecule has 4 fully saturated rings. The second-order valence-electron chi connectivity index (χ2n) is 12.1. The second kappa shape index (κ2) is 10.4. The first-order valence-electron chi connectivity index (χ1n) is 13.5. The number of carbonyl (C=O) groups is 4. The smallest absolute Gasteiger partial charge is 0.355 e. The number of allylic oxidation sites excluding steroid dienone is 1. The fraction of sp³-hybridized carbons (Fsp3) is 0.571. The number of β-lactam (4-membered cyclic amide) rings is 1. The average molecular weight is 574 g/mol. The van der Waals surface area contributed by atoms with Gasteiger partial charge in [0.05, 0.1) is 38.0 Å². The van der Waals surface area contributed by atoms with Crippen LogP contribution in [0.25, 0.3) is 0 Å². The lowest BCUT2D eigenvalue weighted by atomic mass is 9.70. The molecule has 0 radical (unpaired) electrons. The number of ether oxygens (including phenoxy) is 1. The Kier molecular flexibility index (Phi) is 7.45. The van der Waals surface area contributed by atoms with Gasteiger partial charge >= 0.3 is 5.97 Å². The monoisotopic (exact) mass is 573 g/mol. The van der Waals surface area contributed by atoms with Crippen LogP contribution in [-0.4, -0.2) is 82.0 Å². The number of rotatable bonds is 8. The van der Waals surface area contributed by atoms with Gasteiger partial charge in [0.25, 0.3) is 5.91 Å². The molecule has 2 bridgehead atoms. The highest BCUT2D eigenvalue weighted by Crippen LogP contribution is 2.44. The molecule has 210 valence electrons. The van der Waals surface area contributed by atoms with Crippen molar-refractivity contribution in [3.05, 3.63) is 45.8 Å². The molecule has 6 rings (SSSR count). The summed E-state index contributed by atoms with van der Waals surface area (Å²) in [6.07, 6.45) is 6.73. The molecule has 9 nitrogen and oxygen atoms in total. The van der Waals surface area contributed by atoms with Gasteiger partial charge < -0.3 is 20.3 Å². The summed E-state index contributed by atoms with van der Waals surface area (Å²) in [5.74, 6) is -0.672. The van der Waals surface area contributed by atoms with Gasteiger partial charge in [0.2, 0.25) is 11.8 Å². The summed E-state index contributed by atoms with van der Waals surface area (Å²) < 4.78 is 6.62. The van der Waals surface area contributed by atoms with Crippen molar-refractivity contribution in [2.24, 2.45) is 11.1 Å². The van der Waals surface area contributed by atoms with Crippen LogP contribution in [0.3, 0.4) is 0 Å². The molecular weight excluding hydrogens is 536 g/mol. The number of nitrogens with one attached hydrogen (secondary N) is 1. The standard InChI is InChI=1S/C28H36N4O5S2/c1-27(2,3)37-25(35)22-18(6-4-11-32-12-8-28(9-13-32,10-14-32)26(29)36)17-39-24-21(23(34)31(22)24)30-20(33)16-19-7-5-15-38-19/h4-7,15,21,24H,8-14,16-17H2,1-3H3,(H2-,29,30,33,36)/p+1/t21-,24+,28?,32?/m1/s1. The number of carbonyl (C=O) groups excluding carboxylic acids is 4. The van der Waals surface area contributed by atoms with E-state index in [1.54, 1.807) is 32.5 Å². The van der Waals surface area contributed by atoms with Crippen molar-refractivity contribution in [3.63, 3.8) is 0 Å². The number of esters is 1. The fourth-order valence-corrected chi connectivity index (χ4v) is 8.03. The van der Waals surface area contributed by atoms with Gasteiger partial charge in [-0.15, -0.1) is 23.1 Å². The summed E-state index contributed by atoms with van der Waals surface area (Å²) in [5, 5.41) is 4.43. The highest BCUT2D eigenvalue weighted by Gasteiger charge is 2.55. The third-order valence-electron chi connectivity index (χ3n) is 8.35. The summed E-state index contributed by atoms with van der Waals surface area (Å²) in [4.78, 5) is 53.6. The lowest BCUT2D eigenvalue weighted by Crippen LogP contribution is -2.70. The molecule has 6 heterocycles. The Labute approximate surface area is 237 Å². The van der Waals surface area contributed by atoms with Crippen molar-refractivity contribution in [1.29, 1.82) is 0 Å². The van der Waals surface area contributed by atoms with Gasteiger partial charge in [-0.25, -0.2) is 4.79 Å². The largest absolute Gasteiger partial charge is 0.455 e. The van der Waals surface area contributed by atoms with Crippen molar-refractivity contribution in [3.8, 4) is 0 Å². The number of amides is 3. The van der Waals surface area contributed by atoms with Crippen LogP contribution in [-0.2, 0) is 30.3 Å². The Hall–Kier alpha value is -2.63. The number of fused-ring (bicyclic) bond motifs is 4. The number of primary amides is 1. The third-order valence-corrected chi connectivity index (χ3v) is 10.5. The Morgan fingerprint density at radius 1 is 1.23 bits per heavy atom. The van der Waals surface area contributed by atoms with Crippen molar-refractivity contribution in [2.45, 2.75) is 63.5 Å². The number of quaternary nitrogens is 1.